The molecule has 1 aromatic heterocycles. The van der Waals surface area contributed by atoms with Gasteiger partial charge in [0.05, 0.1) is 21.5 Å². The van der Waals surface area contributed by atoms with Gasteiger partial charge in [0.2, 0.25) is 5.91 Å². The van der Waals surface area contributed by atoms with Crippen molar-refractivity contribution in [1.29, 1.82) is 0 Å². The average molecular weight is 486 g/mol. The van der Waals surface area contributed by atoms with Crippen molar-refractivity contribution in [1.82, 2.24) is 14.8 Å². The van der Waals surface area contributed by atoms with E-state index in [2.05, 4.69) is 15.5 Å². The Morgan fingerprint density at radius 3 is 2.47 bits per heavy atom. The van der Waals surface area contributed by atoms with Gasteiger partial charge in [-0.2, -0.15) is 0 Å². The van der Waals surface area contributed by atoms with E-state index in [1.54, 1.807) is 0 Å². The molecule has 1 amide bonds. The van der Waals surface area contributed by atoms with Crippen LogP contribution in [0.15, 0.2) is 47.6 Å². The quantitative estimate of drug-likeness (QED) is 0.389. The van der Waals surface area contributed by atoms with Gasteiger partial charge in [0.25, 0.3) is 0 Å². The minimum absolute atomic E-state index is 0.112. The van der Waals surface area contributed by atoms with Crippen molar-refractivity contribution in [2.24, 2.45) is 0 Å². The number of nitrogens with zero attached hydrogens (tertiary/aromatic N) is 3. The van der Waals surface area contributed by atoms with Crippen molar-refractivity contribution in [2.75, 3.05) is 11.1 Å². The van der Waals surface area contributed by atoms with Crippen LogP contribution in [0.5, 0.6) is 5.75 Å². The van der Waals surface area contributed by atoms with Gasteiger partial charge in [-0.05, 0) is 38.1 Å². The van der Waals surface area contributed by atoms with Crippen molar-refractivity contribution in [3.63, 3.8) is 0 Å². The molecule has 10 heteroatoms. The summed E-state index contributed by atoms with van der Waals surface area (Å²) in [6.45, 7) is 4.54. The Morgan fingerprint density at radius 2 is 1.83 bits per heavy atom. The van der Waals surface area contributed by atoms with Crippen LogP contribution < -0.4 is 10.1 Å². The highest BCUT2D eigenvalue weighted by Crippen LogP contribution is 2.34. The zero-order chi connectivity index (χ0) is 21.7. The van der Waals surface area contributed by atoms with Gasteiger partial charge in [-0.15, -0.1) is 10.2 Å². The van der Waals surface area contributed by atoms with Crippen LogP contribution in [-0.2, 0) is 11.3 Å². The molecule has 0 spiro atoms. The predicted octanol–water partition coefficient (Wildman–Crippen LogP) is 6.13. The fourth-order valence-electron chi connectivity index (χ4n) is 2.73. The molecular weight excluding hydrogens is 467 g/mol. The van der Waals surface area contributed by atoms with E-state index in [0.29, 0.717) is 28.2 Å². The summed E-state index contributed by atoms with van der Waals surface area (Å²) in [6, 6.07) is 12.6. The van der Waals surface area contributed by atoms with Gasteiger partial charge in [0.1, 0.15) is 5.75 Å². The molecule has 0 aliphatic heterocycles. The van der Waals surface area contributed by atoms with Crippen molar-refractivity contribution in [3.05, 3.63) is 63.4 Å². The number of aromatic nitrogens is 3. The number of hydrogen-bond donors (Lipinski definition) is 1. The average Bonchev–Trinajstić information content (AvgIpc) is 3.13. The van der Waals surface area contributed by atoms with E-state index in [1.807, 2.05) is 48.7 Å². The van der Waals surface area contributed by atoms with Crippen molar-refractivity contribution in [2.45, 2.75) is 31.7 Å². The number of hydrogen-bond acceptors (Lipinski definition) is 5. The molecule has 3 rings (SSSR count). The maximum atomic E-state index is 12.4. The monoisotopic (exact) mass is 484 g/mol. The lowest BCUT2D eigenvalue weighted by molar-refractivity contribution is -0.113. The standard InChI is InChI=1S/C20H19Cl3N4O2S/c1-3-27-19(12(2)29-14-7-5-4-6-8-14)25-26-20(27)30-11-17(28)24-18-15(22)9-13(21)10-16(18)23/h4-10,12H,3,11H2,1-2H3,(H,24,28)/t12-/m1/s1. The number of carbonyl (C=O) groups is 1. The third-order valence-corrected chi connectivity index (χ3v) is 5.87. The highest BCUT2D eigenvalue weighted by Gasteiger charge is 2.20. The molecule has 158 valence electrons. The van der Waals surface area contributed by atoms with Crippen LogP contribution in [0.3, 0.4) is 0 Å². The second-order valence-corrected chi connectivity index (χ2v) is 8.43. The Kier molecular flexibility index (Phi) is 7.88. The number of para-hydroxylation sites is 1. The Balaban J connectivity index is 1.65. The van der Waals surface area contributed by atoms with Crippen LogP contribution in [0.25, 0.3) is 0 Å². The van der Waals surface area contributed by atoms with Gasteiger partial charge in [-0.1, -0.05) is 64.8 Å². The van der Waals surface area contributed by atoms with E-state index in [4.69, 9.17) is 39.5 Å². The minimum Gasteiger partial charge on any atom is -0.483 e. The third-order valence-electron chi connectivity index (χ3n) is 4.09. The van der Waals surface area contributed by atoms with Gasteiger partial charge in [-0.25, -0.2) is 0 Å². The Labute approximate surface area is 193 Å². The molecule has 0 aliphatic rings. The molecule has 3 aromatic rings. The molecule has 1 N–H and O–H groups in total. The number of nitrogens with one attached hydrogen (secondary N) is 1. The number of carbonyl (C=O) groups excluding carboxylic acids is 1. The highest BCUT2D eigenvalue weighted by atomic mass is 35.5. The lowest BCUT2D eigenvalue weighted by Gasteiger charge is -2.15. The lowest BCUT2D eigenvalue weighted by Crippen LogP contribution is -2.16. The second-order valence-electron chi connectivity index (χ2n) is 6.24. The number of benzene rings is 2. The molecule has 0 unspecified atom stereocenters. The molecule has 1 heterocycles. The fraction of sp³-hybridized carbons (Fsp3) is 0.250. The first-order valence-electron chi connectivity index (χ1n) is 9.11. The van der Waals surface area contributed by atoms with Crippen molar-refractivity contribution >= 4 is 58.2 Å². The summed E-state index contributed by atoms with van der Waals surface area (Å²) in [5, 5.41) is 12.8. The number of anilines is 1. The van der Waals surface area contributed by atoms with E-state index >= 15 is 0 Å². The molecule has 0 bridgehead atoms. The zero-order valence-corrected chi connectivity index (χ0v) is 19.3. The lowest BCUT2D eigenvalue weighted by atomic mass is 10.3. The zero-order valence-electron chi connectivity index (χ0n) is 16.2. The molecule has 0 saturated heterocycles. The molecule has 0 fully saturated rings. The predicted molar refractivity (Wildman–Crippen MR) is 122 cm³/mol. The molecule has 6 nitrogen and oxygen atoms in total. The largest absolute Gasteiger partial charge is 0.483 e. The van der Waals surface area contributed by atoms with E-state index < -0.39 is 0 Å². The van der Waals surface area contributed by atoms with E-state index in [9.17, 15) is 4.79 Å². The van der Waals surface area contributed by atoms with Crippen molar-refractivity contribution in [3.8, 4) is 5.75 Å². The van der Waals surface area contributed by atoms with Crippen LogP contribution in [0.2, 0.25) is 15.1 Å². The van der Waals surface area contributed by atoms with Crippen LogP contribution in [0.4, 0.5) is 5.69 Å². The molecule has 0 radical (unpaired) electrons. The Hall–Kier alpha value is -1.93. The number of halogens is 3. The van der Waals surface area contributed by atoms with Crippen LogP contribution >= 0.6 is 46.6 Å². The molecule has 0 aliphatic carbocycles. The maximum absolute atomic E-state index is 12.4. The third kappa shape index (κ3) is 5.60. The molecular formula is C20H19Cl3N4O2S. The SMILES string of the molecule is CCn1c(SCC(=O)Nc2c(Cl)cc(Cl)cc2Cl)nnc1[C@@H](C)Oc1ccccc1. The smallest absolute Gasteiger partial charge is 0.234 e. The second kappa shape index (κ2) is 10.4. The van der Waals surface area contributed by atoms with Gasteiger partial charge in [0.15, 0.2) is 17.1 Å². The maximum Gasteiger partial charge on any atom is 0.234 e. The molecule has 30 heavy (non-hydrogen) atoms. The van der Waals surface area contributed by atoms with Crippen molar-refractivity contribution < 1.29 is 9.53 Å². The Bertz CT molecular complexity index is 1010. The summed E-state index contributed by atoms with van der Waals surface area (Å²) < 4.78 is 7.87. The highest BCUT2D eigenvalue weighted by molar-refractivity contribution is 7.99. The first-order chi connectivity index (χ1) is 14.4. The van der Waals surface area contributed by atoms with E-state index in [-0.39, 0.29) is 27.8 Å². The first-order valence-corrected chi connectivity index (χ1v) is 11.2. The number of amides is 1. The topological polar surface area (TPSA) is 69.0 Å². The Morgan fingerprint density at radius 1 is 1.17 bits per heavy atom. The summed E-state index contributed by atoms with van der Waals surface area (Å²) >= 11 is 19.4. The number of thioether (sulfide) groups is 1. The molecule has 0 saturated carbocycles. The normalized spacial score (nSPS) is 11.9. The summed E-state index contributed by atoms with van der Waals surface area (Å²) in [7, 11) is 0. The van der Waals surface area contributed by atoms with Crippen LogP contribution in [0.1, 0.15) is 25.8 Å². The number of ether oxygens (including phenoxy) is 1. The summed E-state index contributed by atoms with van der Waals surface area (Å²) in [5.41, 5.74) is 0.330. The summed E-state index contributed by atoms with van der Waals surface area (Å²) in [4.78, 5) is 12.4. The number of rotatable bonds is 8. The van der Waals surface area contributed by atoms with Gasteiger partial charge < -0.3 is 14.6 Å². The molecule has 2 aromatic carbocycles. The molecule has 1 atom stereocenters. The van der Waals surface area contributed by atoms with Crippen LogP contribution in [0, 0.1) is 0 Å². The van der Waals surface area contributed by atoms with Crippen LogP contribution in [-0.4, -0.2) is 26.4 Å². The fourth-order valence-corrected chi connectivity index (χ4v) is 4.45. The van der Waals surface area contributed by atoms with Gasteiger partial charge in [0, 0.05) is 11.6 Å². The van der Waals surface area contributed by atoms with E-state index in [0.717, 1.165) is 5.75 Å². The summed E-state index contributed by atoms with van der Waals surface area (Å²) in [6.07, 6.45) is -0.297. The van der Waals surface area contributed by atoms with E-state index in [1.165, 1.54) is 23.9 Å². The summed E-state index contributed by atoms with van der Waals surface area (Å²) in [5.74, 6) is 1.28. The van der Waals surface area contributed by atoms with Gasteiger partial charge >= 0.3 is 0 Å². The minimum atomic E-state index is -0.297. The first kappa shape index (κ1) is 22.7. The van der Waals surface area contributed by atoms with Gasteiger partial charge in [-0.3, -0.25) is 4.79 Å².